The number of rotatable bonds is 6. The van der Waals surface area contributed by atoms with Crippen LogP contribution >= 0.6 is 0 Å². The van der Waals surface area contributed by atoms with Crippen LogP contribution in [0.4, 0.5) is 4.79 Å². The second-order valence-electron chi connectivity index (χ2n) is 6.73. The highest BCUT2D eigenvalue weighted by Gasteiger charge is 2.29. The van der Waals surface area contributed by atoms with Gasteiger partial charge >= 0.3 is 6.03 Å². The molecule has 2 saturated heterocycles. The molecule has 6 nitrogen and oxygen atoms in total. The molecule has 4 amide bonds. The lowest BCUT2D eigenvalue weighted by atomic mass is 9.95. The Bertz CT molecular complexity index is 616. The number of urea groups is 1. The van der Waals surface area contributed by atoms with Gasteiger partial charge < -0.3 is 10.2 Å². The fourth-order valence-electron chi connectivity index (χ4n) is 3.64. The topological polar surface area (TPSA) is 69.7 Å². The average molecular weight is 343 g/mol. The van der Waals surface area contributed by atoms with Gasteiger partial charge in [-0.2, -0.15) is 0 Å². The van der Waals surface area contributed by atoms with E-state index in [-0.39, 0.29) is 30.4 Å². The van der Waals surface area contributed by atoms with E-state index in [9.17, 15) is 14.4 Å². The summed E-state index contributed by atoms with van der Waals surface area (Å²) in [6, 6.07) is 10.2. The Morgan fingerprint density at radius 1 is 1.16 bits per heavy atom. The standard InChI is InChI=1S/C19H25N3O3/c23-17(10-6-12-22-18(24)14-20-19(22)25)21-11-5-4-9-16(21)13-15-7-2-1-3-8-15/h1-3,7-8,16H,4-6,9-14H2,(H,20,25)/t16-/m0/s1. The predicted molar refractivity (Wildman–Crippen MR) is 93.8 cm³/mol. The van der Waals surface area contributed by atoms with E-state index in [1.807, 2.05) is 23.1 Å². The van der Waals surface area contributed by atoms with Crippen LogP contribution < -0.4 is 5.32 Å². The van der Waals surface area contributed by atoms with E-state index in [2.05, 4.69) is 17.4 Å². The zero-order chi connectivity index (χ0) is 17.6. The van der Waals surface area contributed by atoms with Crippen molar-refractivity contribution < 1.29 is 14.4 Å². The number of nitrogens with one attached hydrogen (secondary N) is 1. The van der Waals surface area contributed by atoms with Gasteiger partial charge in [0.1, 0.15) is 0 Å². The number of hydrogen-bond donors (Lipinski definition) is 1. The molecule has 2 aliphatic heterocycles. The third-order valence-corrected chi connectivity index (χ3v) is 4.97. The summed E-state index contributed by atoms with van der Waals surface area (Å²) >= 11 is 0. The molecule has 134 valence electrons. The van der Waals surface area contributed by atoms with Crippen LogP contribution in [0.15, 0.2) is 30.3 Å². The first-order valence-electron chi connectivity index (χ1n) is 9.07. The van der Waals surface area contributed by atoms with Crippen LogP contribution in [-0.2, 0) is 16.0 Å². The molecule has 0 aromatic heterocycles. The molecule has 0 bridgehead atoms. The number of carbonyl (C=O) groups excluding carboxylic acids is 3. The number of benzene rings is 1. The smallest absolute Gasteiger partial charge is 0.324 e. The molecule has 3 rings (SSSR count). The molecule has 25 heavy (non-hydrogen) atoms. The maximum Gasteiger partial charge on any atom is 0.324 e. The van der Waals surface area contributed by atoms with Crippen molar-refractivity contribution in [3.8, 4) is 0 Å². The van der Waals surface area contributed by atoms with Crippen molar-refractivity contribution in [3.63, 3.8) is 0 Å². The Morgan fingerprint density at radius 3 is 2.68 bits per heavy atom. The molecule has 1 aromatic rings. The number of nitrogens with zero attached hydrogens (tertiary/aromatic N) is 2. The molecule has 2 heterocycles. The highest BCUT2D eigenvalue weighted by molar-refractivity contribution is 6.01. The number of imide groups is 1. The first kappa shape index (κ1) is 17.5. The highest BCUT2D eigenvalue weighted by atomic mass is 16.2. The molecular formula is C19H25N3O3. The summed E-state index contributed by atoms with van der Waals surface area (Å²) < 4.78 is 0. The molecule has 0 aliphatic carbocycles. The van der Waals surface area contributed by atoms with Gasteiger partial charge in [-0.1, -0.05) is 30.3 Å². The van der Waals surface area contributed by atoms with Gasteiger partial charge in [-0.15, -0.1) is 0 Å². The van der Waals surface area contributed by atoms with Crippen LogP contribution in [0.5, 0.6) is 0 Å². The van der Waals surface area contributed by atoms with Gasteiger partial charge in [0.15, 0.2) is 0 Å². The summed E-state index contributed by atoms with van der Waals surface area (Å²) in [5.74, 6) is -0.0786. The Hall–Kier alpha value is -2.37. The minimum absolute atomic E-state index is 0.0675. The first-order valence-corrected chi connectivity index (χ1v) is 9.07. The van der Waals surface area contributed by atoms with Crippen LogP contribution in [0.2, 0.25) is 0 Å². The molecule has 0 unspecified atom stereocenters. The summed E-state index contributed by atoms with van der Waals surface area (Å²) in [6.07, 6.45) is 5.02. The molecule has 1 N–H and O–H groups in total. The molecule has 6 heteroatoms. The second kappa shape index (κ2) is 8.14. The van der Waals surface area contributed by atoms with E-state index >= 15 is 0 Å². The maximum absolute atomic E-state index is 12.7. The monoisotopic (exact) mass is 343 g/mol. The Balaban J connectivity index is 1.52. The number of carbonyl (C=O) groups is 3. The van der Waals surface area contributed by atoms with Crippen LogP contribution in [0.1, 0.15) is 37.7 Å². The van der Waals surface area contributed by atoms with Crippen molar-refractivity contribution in [2.75, 3.05) is 19.6 Å². The highest BCUT2D eigenvalue weighted by Crippen LogP contribution is 2.22. The minimum Gasteiger partial charge on any atom is -0.339 e. The first-order chi connectivity index (χ1) is 12.1. The van der Waals surface area contributed by atoms with Gasteiger partial charge in [0.25, 0.3) is 0 Å². The average Bonchev–Trinajstić information content (AvgIpc) is 2.95. The lowest BCUT2D eigenvalue weighted by molar-refractivity contribution is -0.135. The van der Waals surface area contributed by atoms with Crippen molar-refractivity contribution in [2.24, 2.45) is 0 Å². The van der Waals surface area contributed by atoms with Gasteiger partial charge in [-0.05, 0) is 37.7 Å². The van der Waals surface area contributed by atoms with Crippen LogP contribution in [0.25, 0.3) is 0 Å². The second-order valence-corrected chi connectivity index (χ2v) is 6.73. The largest absolute Gasteiger partial charge is 0.339 e. The van der Waals surface area contributed by atoms with E-state index in [0.29, 0.717) is 19.4 Å². The molecule has 1 aromatic carbocycles. The van der Waals surface area contributed by atoms with Crippen molar-refractivity contribution in [3.05, 3.63) is 35.9 Å². The Morgan fingerprint density at radius 2 is 1.96 bits per heavy atom. The summed E-state index contributed by atoms with van der Waals surface area (Å²) in [6.45, 7) is 1.19. The van der Waals surface area contributed by atoms with Crippen molar-refractivity contribution in [2.45, 2.75) is 44.6 Å². The van der Waals surface area contributed by atoms with Gasteiger partial charge in [0.05, 0.1) is 6.54 Å². The summed E-state index contributed by atoms with van der Waals surface area (Å²) in [5, 5.41) is 2.50. The van der Waals surface area contributed by atoms with Crippen LogP contribution in [0.3, 0.4) is 0 Å². The Labute approximate surface area is 148 Å². The number of amides is 4. The van der Waals surface area contributed by atoms with Crippen molar-refractivity contribution >= 4 is 17.8 Å². The molecule has 0 spiro atoms. The van der Waals surface area contributed by atoms with Gasteiger partial charge in [0.2, 0.25) is 11.8 Å². The summed E-state index contributed by atoms with van der Waals surface area (Å²) in [4.78, 5) is 38.9. The van der Waals surface area contributed by atoms with E-state index in [4.69, 9.17) is 0 Å². The van der Waals surface area contributed by atoms with E-state index in [0.717, 1.165) is 32.2 Å². The van der Waals surface area contributed by atoms with Crippen LogP contribution in [-0.4, -0.2) is 53.3 Å². The van der Waals surface area contributed by atoms with E-state index in [1.165, 1.54) is 10.5 Å². The van der Waals surface area contributed by atoms with Crippen molar-refractivity contribution in [1.82, 2.24) is 15.1 Å². The van der Waals surface area contributed by atoms with Gasteiger partial charge in [-0.25, -0.2) is 4.79 Å². The normalized spacial score (nSPS) is 20.7. The molecule has 2 fully saturated rings. The number of likely N-dealkylation sites (tertiary alicyclic amines) is 1. The fraction of sp³-hybridized carbons (Fsp3) is 0.526. The SMILES string of the molecule is O=C1CNC(=O)N1CCCC(=O)N1CCCC[C@H]1Cc1ccccc1. The zero-order valence-corrected chi connectivity index (χ0v) is 14.4. The van der Waals surface area contributed by atoms with Gasteiger partial charge in [-0.3, -0.25) is 14.5 Å². The minimum atomic E-state index is -0.350. The third kappa shape index (κ3) is 4.38. The number of piperidine rings is 1. The van der Waals surface area contributed by atoms with Crippen LogP contribution in [0, 0.1) is 0 Å². The lowest BCUT2D eigenvalue weighted by Crippen LogP contribution is -2.45. The quantitative estimate of drug-likeness (QED) is 0.803. The van der Waals surface area contributed by atoms with E-state index in [1.54, 1.807) is 0 Å². The molecule has 2 aliphatic rings. The maximum atomic E-state index is 12.7. The summed E-state index contributed by atoms with van der Waals surface area (Å²) in [5.41, 5.74) is 1.26. The lowest BCUT2D eigenvalue weighted by Gasteiger charge is -2.36. The zero-order valence-electron chi connectivity index (χ0n) is 14.4. The Kier molecular flexibility index (Phi) is 5.68. The number of hydrogen-bond acceptors (Lipinski definition) is 3. The van der Waals surface area contributed by atoms with E-state index < -0.39 is 0 Å². The van der Waals surface area contributed by atoms with Gasteiger partial charge in [0, 0.05) is 25.6 Å². The molecular weight excluding hydrogens is 318 g/mol. The summed E-state index contributed by atoms with van der Waals surface area (Å²) in [7, 11) is 0. The molecule has 0 saturated carbocycles. The fourth-order valence-corrected chi connectivity index (χ4v) is 3.64. The van der Waals surface area contributed by atoms with Crippen molar-refractivity contribution in [1.29, 1.82) is 0 Å². The predicted octanol–water partition coefficient (Wildman–Crippen LogP) is 1.94. The molecule has 1 atom stereocenters. The molecule has 0 radical (unpaired) electrons. The third-order valence-electron chi connectivity index (χ3n) is 4.97.